The number of aliphatic hydroxyl groups is 3. The predicted molar refractivity (Wildman–Crippen MR) is 74.8 cm³/mol. The lowest BCUT2D eigenvalue weighted by Crippen LogP contribution is -2.38. The number of aromatic nitrogens is 4. The first-order valence-electron chi connectivity index (χ1n) is 6.86. The number of aromatic amines is 1. The predicted octanol–water partition coefficient (Wildman–Crippen LogP) is -1.91. The van der Waals surface area contributed by atoms with Crippen LogP contribution in [0.3, 0.4) is 0 Å². The Morgan fingerprint density at radius 2 is 2.23 bits per heavy atom. The first-order chi connectivity index (χ1) is 10.4. The fourth-order valence-corrected chi connectivity index (χ4v) is 2.60. The zero-order valence-electron chi connectivity index (χ0n) is 11.7. The largest absolute Gasteiger partial charge is 0.390 e. The molecule has 10 heteroatoms. The zero-order valence-corrected chi connectivity index (χ0v) is 11.7. The van der Waals surface area contributed by atoms with E-state index >= 15 is 0 Å². The topological polar surface area (TPSA) is 160 Å². The maximum absolute atomic E-state index is 11.7. The lowest BCUT2D eigenvalue weighted by molar-refractivity contribution is -0.0840. The van der Waals surface area contributed by atoms with Gasteiger partial charge in [0.05, 0.1) is 12.4 Å². The number of H-pyrrole nitrogens is 1. The minimum atomic E-state index is -1.30. The van der Waals surface area contributed by atoms with Crippen LogP contribution in [-0.4, -0.2) is 59.3 Å². The third kappa shape index (κ3) is 2.16. The van der Waals surface area contributed by atoms with E-state index in [0.717, 1.165) is 0 Å². The van der Waals surface area contributed by atoms with E-state index in [0.29, 0.717) is 6.42 Å². The quantitative estimate of drug-likeness (QED) is 0.439. The van der Waals surface area contributed by atoms with Crippen molar-refractivity contribution in [1.82, 2.24) is 19.5 Å². The van der Waals surface area contributed by atoms with E-state index in [1.165, 1.54) is 10.9 Å². The number of nitrogen functional groups attached to an aromatic ring is 1. The van der Waals surface area contributed by atoms with Crippen LogP contribution in [0.1, 0.15) is 19.6 Å². The Hall–Kier alpha value is -2.01. The Morgan fingerprint density at radius 1 is 1.50 bits per heavy atom. The number of hydrogen-bond donors (Lipinski definition) is 5. The third-order valence-electron chi connectivity index (χ3n) is 3.80. The van der Waals surface area contributed by atoms with Crippen molar-refractivity contribution in [2.75, 3.05) is 5.73 Å². The number of anilines is 1. The van der Waals surface area contributed by atoms with Crippen molar-refractivity contribution in [3.63, 3.8) is 0 Å². The van der Waals surface area contributed by atoms with Crippen LogP contribution in [-0.2, 0) is 4.74 Å². The fraction of sp³-hybridized carbons (Fsp3) is 0.583. The first kappa shape index (κ1) is 14.9. The average Bonchev–Trinajstić information content (AvgIpc) is 3.01. The van der Waals surface area contributed by atoms with E-state index in [-0.39, 0.29) is 17.1 Å². The van der Waals surface area contributed by atoms with E-state index in [4.69, 9.17) is 10.5 Å². The van der Waals surface area contributed by atoms with Crippen LogP contribution in [0.2, 0.25) is 0 Å². The maximum Gasteiger partial charge on any atom is 0.280 e. The van der Waals surface area contributed by atoms with E-state index in [9.17, 15) is 20.1 Å². The number of rotatable bonds is 3. The second-order valence-electron chi connectivity index (χ2n) is 5.22. The third-order valence-corrected chi connectivity index (χ3v) is 3.80. The van der Waals surface area contributed by atoms with Gasteiger partial charge in [-0.3, -0.25) is 14.3 Å². The molecule has 120 valence electrons. The SMILES string of the molecule is CCC(O)[C@H]1O[C@@H](n2cnc3c(=O)[nH]c(N)nc32)[C@H](O)[C@@H]1O. The van der Waals surface area contributed by atoms with Crippen molar-refractivity contribution in [2.24, 2.45) is 0 Å². The molecule has 2 aromatic heterocycles. The van der Waals surface area contributed by atoms with Gasteiger partial charge in [-0.1, -0.05) is 6.92 Å². The molecule has 1 unspecified atom stereocenters. The van der Waals surface area contributed by atoms with Gasteiger partial charge in [-0.05, 0) is 6.42 Å². The van der Waals surface area contributed by atoms with E-state index in [2.05, 4.69) is 15.0 Å². The van der Waals surface area contributed by atoms with Gasteiger partial charge >= 0.3 is 0 Å². The zero-order chi connectivity index (χ0) is 16.0. The fourth-order valence-electron chi connectivity index (χ4n) is 2.60. The molecular formula is C12H17N5O5. The summed E-state index contributed by atoms with van der Waals surface area (Å²) in [6.45, 7) is 1.73. The Morgan fingerprint density at radius 3 is 2.91 bits per heavy atom. The number of nitrogens with two attached hydrogens (primary N) is 1. The molecule has 0 spiro atoms. The molecule has 1 fully saturated rings. The van der Waals surface area contributed by atoms with Gasteiger partial charge in [0.2, 0.25) is 5.95 Å². The Bertz CT molecular complexity index is 743. The Kier molecular flexibility index (Phi) is 3.60. The summed E-state index contributed by atoms with van der Waals surface area (Å²) in [4.78, 5) is 22.0. The smallest absolute Gasteiger partial charge is 0.280 e. The maximum atomic E-state index is 11.7. The van der Waals surface area contributed by atoms with Gasteiger partial charge < -0.3 is 25.8 Å². The van der Waals surface area contributed by atoms with Crippen LogP contribution in [0.15, 0.2) is 11.1 Å². The summed E-state index contributed by atoms with van der Waals surface area (Å²) in [5.74, 6) is -0.0996. The molecule has 1 saturated heterocycles. The van der Waals surface area contributed by atoms with E-state index < -0.39 is 36.2 Å². The van der Waals surface area contributed by atoms with Crippen LogP contribution < -0.4 is 11.3 Å². The molecular weight excluding hydrogens is 294 g/mol. The molecule has 6 N–H and O–H groups in total. The van der Waals surface area contributed by atoms with Crippen molar-refractivity contribution in [3.05, 3.63) is 16.7 Å². The van der Waals surface area contributed by atoms with Gasteiger partial charge in [-0.15, -0.1) is 0 Å². The van der Waals surface area contributed by atoms with Crippen LogP contribution in [0.5, 0.6) is 0 Å². The van der Waals surface area contributed by atoms with Gasteiger partial charge in [0.1, 0.15) is 18.3 Å². The second kappa shape index (κ2) is 5.32. The van der Waals surface area contributed by atoms with Gasteiger partial charge in [0, 0.05) is 0 Å². The summed E-state index contributed by atoms with van der Waals surface area (Å²) in [5, 5.41) is 30.0. The molecule has 1 aliphatic heterocycles. The summed E-state index contributed by atoms with van der Waals surface area (Å²) < 4.78 is 6.87. The number of nitrogens with zero attached hydrogens (tertiary/aromatic N) is 3. The van der Waals surface area contributed by atoms with Crippen molar-refractivity contribution in [2.45, 2.75) is 44.0 Å². The molecule has 0 aliphatic carbocycles. The van der Waals surface area contributed by atoms with Crippen molar-refractivity contribution < 1.29 is 20.1 Å². The molecule has 0 bridgehead atoms. The lowest BCUT2D eigenvalue weighted by atomic mass is 10.0. The first-order valence-corrected chi connectivity index (χ1v) is 6.86. The normalized spacial score (nSPS) is 30.0. The van der Waals surface area contributed by atoms with Gasteiger partial charge in [-0.25, -0.2) is 4.98 Å². The highest BCUT2D eigenvalue weighted by Gasteiger charge is 2.46. The molecule has 10 nitrogen and oxygen atoms in total. The number of ether oxygens (including phenoxy) is 1. The van der Waals surface area contributed by atoms with Gasteiger partial charge in [0.15, 0.2) is 17.4 Å². The highest BCUT2D eigenvalue weighted by Crippen LogP contribution is 2.33. The summed E-state index contributed by atoms with van der Waals surface area (Å²) in [6.07, 6.45) is -3.83. The van der Waals surface area contributed by atoms with Crippen LogP contribution >= 0.6 is 0 Å². The van der Waals surface area contributed by atoms with E-state index in [1.54, 1.807) is 6.92 Å². The van der Waals surface area contributed by atoms with Crippen LogP contribution in [0, 0.1) is 0 Å². The highest BCUT2D eigenvalue weighted by molar-refractivity contribution is 5.70. The summed E-state index contributed by atoms with van der Waals surface area (Å²) in [7, 11) is 0. The van der Waals surface area contributed by atoms with Crippen molar-refractivity contribution in [3.8, 4) is 0 Å². The van der Waals surface area contributed by atoms with Gasteiger partial charge in [0.25, 0.3) is 5.56 Å². The summed E-state index contributed by atoms with van der Waals surface area (Å²) in [5.41, 5.74) is 5.17. The second-order valence-corrected chi connectivity index (χ2v) is 5.22. The van der Waals surface area contributed by atoms with Gasteiger partial charge in [-0.2, -0.15) is 4.98 Å². The minimum absolute atomic E-state index is 0.0407. The van der Waals surface area contributed by atoms with Crippen LogP contribution in [0.25, 0.3) is 11.2 Å². The monoisotopic (exact) mass is 311 g/mol. The molecule has 5 atom stereocenters. The van der Waals surface area contributed by atoms with E-state index in [1.807, 2.05) is 0 Å². The molecule has 0 saturated carbocycles. The molecule has 0 radical (unpaired) electrons. The molecule has 1 aliphatic rings. The number of aliphatic hydroxyl groups excluding tert-OH is 3. The minimum Gasteiger partial charge on any atom is -0.390 e. The molecule has 22 heavy (non-hydrogen) atoms. The summed E-state index contributed by atoms with van der Waals surface area (Å²) in [6, 6.07) is 0. The average molecular weight is 311 g/mol. The van der Waals surface area contributed by atoms with Crippen LogP contribution in [0.4, 0.5) is 5.95 Å². The number of hydrogen-bond acceptors (Lipinski definition) is 8. The number of imidazole rings is 1. The number of nitrogens with one attached hydrogen (secondary N) is 1. The van der Waals surface area contributed by atoms with Crippen molar-refractivity contribution in [1.29, 1.82) is 0 Å². The molecule has 3 heterocycles. The Labute approximate surface area is 124 Å². The molecule has 3 rings (SSSR count). The molecule has 0 amide bonds. The summed E-state index contributed by atoms with van der Waals surface area (Å²) >= 11 is 0. The molecule has 2 aromatic rings. The number of fused-ring (bicyclic) bond motifs is 1. The lowest BCUT2D eigenvalue weighted by Gasteiger charge is -2.19. The highest BCUT2D eigenvalue weighted by atomic mass is 16.6. The Balaban J connectivity index is 2.03. The van der Waals surface area contributed by atoms with Crippen molar-refractivity contribution >= 4 is 17.1 Å². The standard InChI is InChI=1S/C12H17N5O5/c1-2-4(18)8-6(19)7(20)11(22-8)17-3-14-5-9(17)15-12(13)16-10(5)21/h3-4,6-8,11,18-20H,2H2,1H3,(H3,13,15,16,21)/t4?,6-,7+,8+,11+/m0/s1. The molecule has 0 aromatic carbocycles.